The number of aliphatic hydroxyl groups is 2. The molecule has 5 nitrogen and oxygen atoms in total. The molecule has 0 aromatic heterocycles. The first-order valence-electron chi connectivity index (χ1n) is 4.12. The Hall–Kier alpha value is -0.940. The summed E-state index contributed by atoms with van der Waals surface area (Å²) in [6.45, 7) is 0.119. The van der Waals surface area contributed by atoms with Crippen molar-refractivity contribution in [1.82, 2.24) is 0 Å². The normalized spacial score (nSPS) is 12.2. The van der Waals surface area contributed by atoms with Gasteiger partial charge in [0.05, 0.1) is 12.5 Å². The second-order valence-corrected chi connectivity index (χ2v) is 2.66. The molecule has 0 rings (SSSR count). The van der Waals surface area contributed by atoms with E-state index in [4.69, 9.17) is 5.11 Å². The smallest absolute Gasteiger partial charge is 0.315 e. The maximum Gasteiger partial charge on any atom is 0.315 e. The number of carbonyl (C=O) groups excluding carboxylic acids is 2. The Labute approximate surface area is 76.3 Å². The second-order valence-electron chi connectivity index (χ2n) is 2.66. The highest BCUT2D eigenvalue weighted by atomic mass is 16.6. The molecule has 0 aromatic carbocycles. The fourth-order valence-corrected chi connectivity index (χ4v) is 0.888. The molecule has 1 unspecified atom stereocenters. The molecule has 5 heteroatoms. The van der Waals surface area contributed by atoms with Crippen LogP contribution in [0.25, 0.3) is 0 Å². The topological polar surface area (TPSA) is 83.8 Å². The van der Waals surface area contributed by atoms with E-state index in [-0.39, 0.29) is 19.5 Å². The fraction of sp³-hybridized carbons (Fsp3) is 0.750. The Morgan fingerprint density at radius 2 is 2.15 bits per heavy atom. The van der Waals surface area contributed by atoms with Gasteiger partial charge in [0.2, 0.25) is 0 Å². The monoisotopic (exact) mass is 190 g/mol. The van der Waals surface area contributed by atoms with Crippen molar-refractivity contribution in [2.24, 2.45) is 0 Å². The van der Waals surface area contributed by atoms with Gasteiger partial charge in [-0.05, 0) is 19.3 Å². The van der Waals surface area contributed by atoms with E-state index >= 15 is 0 Å². The third-order valence-electron chi connectivity index (χ3n) is 1.53. The van der Waals surface area contributed by atoms with Gasteiger partial charge in [-0.25, -0.2) is 0 Å². The van der Waals surface area contributed by atoms with Crippen molar-refractivity contribution in [1.29, 1.82) is 0 Å². The van der Waals surface area contributed by atoms with Crippen molar-refractivity contribution >= 4 is 12.4 Å². The number of rotatable bonds is 7. The minimum atomic E-state index is -0.793. The molecule has 0 fully saturated rings. The first kappa shape index (κ1) is 12.1. The molecule has 0 aliphatic heterocycles. The average Bonchev–Trinajstić information content (AvgIpc) is 2.05. The van der Waals surface area contributed by atoms with Gasteiger partial charge in [0.1, 0.15) is 0 Å². The van der Waals surface area contributed by atoms with Gasteiger partial charge in [-0.15, -0.1) is 0 Å². The van der Waals surface area contributed by atoms with Crippen molar-refractivity contribution in [2.75, 3.05) is 6.61 Å². The largest absolute Gasteiger partial charge is 0.396 e. The van der Waals surface area contributed by atoms with Crippen molar-refractivity contribution in [3.05, 3.63) is 0 Å². The van der Waals surface area contributed by atoms with Gasteiger partial charge in [0.25, 0.3) is 0 Å². The Balaban J connectivity index is 3.43. The lowest BCUT2D eigenvalue weighted by Crippen LogP contribution is -2.15. The molecule has 0 spiro atoms. The lowest BCUT2D eigenvalue weighted by molar-refractivity contribution is -0.152. The molecule has 0 aromatic rings. The zero-order chi connectivity index (χ0) is 10.1. The van der Waals surface area contributed by atoms with E-state index in [0.717, 1.165) is 0 Å². The average molecular weight is 190 g/mol. The van der Waals surface area contributed by atoms with Gasteiger partial charge in [0, 0.05) is 6.61 Å². The maximum atomic E-state index is 10.6. The van der Waals surface area contributed by atoms with Crippen molar-refractivity contribution in [2.45, 2.75) is 31.8 Å². The third kappa shape index (κ3) is 7.42. The Kier molecular flexibility index (Phi) is 7.14. The lowest BCUT2D eigenvalue weighted by Gasteiger charge is -2.06. The zero-order valence-electron chi connectivity index (χ0n) is 7.31. The van der Waals surface area contributed by atoms with Crippen LogP contribution >= 0.6 is 0 Å². The Morgan fingerprint density at radius 1 is 1.46 bits per heavy atom. The molecular weight excluding hydrogens is 176 g/mol. The molecule has 0 radical (unpaired) electrons. The Bertz CT molecular complexity index is 157. The molecule has 0 aliphatic carbocycles. The van der Waals surface area contributed by atoms with Crippen LogP contribution in [0.5, 0.6) is 0 Å². The number of carbonyl (C=O) groups is 2. The SMILES string of the molecule is O=COC(=O)CC(O)CCCCO. The van der Waals surface area contributed by atoms with Crippen molar-refractivity contribution in [3.63, 3.8) is 0 Å². The van der Waals surface area contributed by atoms with E-state index in [2.05, 4.69) is 4.74 Å². The predicted octanol–water partition coefficient (Wildman–Crippen LogP) is -0.400. The summed E-state index contributed by atoms with van der Waals surface area (Å²) >= 11 is 0. The Morgan fingerprint density at radius 3 is 2.69 bits per heavy atom. The number of ether oxygens (including phenoxy) is 1. The van der Waals surface area contributed by atoms with E-state index in [1.807, 2.05) is 0 Å². The standard InChI is InChI=1S/C8H14O5/c9-4-2-1-3-7(11)5-8(12)13-6-10/h6-7,9,11H,1-5H2. The molecular formula is C8H14O5. The van der Waals surface area contributed by atoms with E-state index in [1.54, 1.807) is 0 Å². The first-order chi connectivity index (χ1) is 6.20. The molecule has 0 saturated heterocycles. The van der Waals surface area contributed by atoms with Crippen LogP contribution in [0.4, 0.5) is 0 Å². The molecule has 0 amide bonds. The van der Waals surface area contributed by atoms with Crippen LogP contribution in [-0.4, -0.2) is 35.4 Å². The van der Waals surface area contributed by atoms with Crippen LogP contribution in [-0.2, 0) is 14.3 Å². The quantitative estimate of drug-likeness (QED) is 0.247. The molecule has 13 heavy (non-hydrogen) atoms. The number of hydrogen-bond acceptors (Lipinski definition) is 5. The molecule has 76 valence electrons. The van der Waals surface area contributed by atoms with E-state index in [1.165, 1.54) is 0 Å². The maximum absolute atomic E-state index is 10.6. The summed E-state index contributed by atoms with van der Waals surface area (Å²) in [5, 5.41) is 17.6. The van der Waals surface area contributed by atoms with Gasteiger partial charge >= 0.3 is 12.4 Å². The zero-order valence-corrected chi connectivity index (χ0v) is 7.31. The van der Waals surface area contributed by atoms with Crippen LogP contribution in [0.15, 0.2) is 0 Å². The van der Waals surface area contributed by atoms with Gasteiger partial charge in [-0.2, -0.15) is 0 Å². The van der Waals surface area contributed by atoms with Gasteiger partial charge < -0.3 is 14.9 Å². The highest BCUT2D eigenvalue weighted by molar-refractivity contribution is 5.76. The summed E-state index contributed by atoms with van der Waals surface area (Å²) in [7, 11) is 0. The van der Waals surface area contributed by atoms with Crippen LogP contribution in [0.1, 0.15) is 25.7 Å². The van der Waals surface area contributed by atoms with Crippen LogP contribution in [0.3, 0.4) is 0 Å². The summed E-state index contributed by atoms with van der Waals surface area (Å²) in [6.07, 6.45) is 0.698. The number of esters is 1. The number of unbranched alkanes of at least 4 members (excludes halogenated alkanes) is 1. The highest BCUT2D eigenvalue weighted by Crippen LogP contribution is 2.04. The van der Waals surface area contributed by atoms with Crippen molar-refractivity contribution < 1.29 is 24.5 Å². The number of aliphatic hydroxyl groups excluding tert-OH is 2. The summed E-state index contributed by atoms with van der Waals surface area (Å²) < 4.78 is 3.99. The molecule has 2 N–H and O–H groups in total. The molecule has 0 saturated carbocycles. The fourth-order valence-electron chi connectivity index (χ4n) is 0.888. The first-order valence-corrected chi connectivity index (χ1v) is 4.12. The second kappa shape index (κ2) is 7.70. The minimum Gasteiger partial charge on any atom is -0.396 e. The highest BCUT2D eigenvalue weighted by Gasteiger charge is 2.10. The van der Waals surface area contributed by atoms with E-state index in [9.17, 15) is 14.7 Å². The molecule has 0 aliphatic rings. The summed E-state index contributed by atoms with van der Waals surface area (Å²) in [5.41, 5.74) is 0. The lowest BCUT2D eigenvalue weighted by atomic mass is 10.1. The van der Waals surface area contributed by atoms with E-state index in [0.29, 0.717) is 19.3 Å². The minimum absolute atomic E-state index is 0.0444. The molecule has 1 atom stereocenters. The summed E-state index contributed by atoms with van der Waals surface area (Å²) in [6, 6.07) is 0. The van der Waals surface area contributed by atoms with Crippen LogP contribution in [0, 0.1) is 0 Å². The van der Waals surface area contributed by atoms with Crippen LogP contribution < -0.4 is 0 Å². The van der Waals surface area contributed by atoms with Crippen molar-refractivity contribution in [3.8, 4) is 0 Å². The van der Waals surface area contributed by atoms with Gasteiger partial charge in [-0.1, -0.05) is 0 Å². The molecule has 0 bridgehead atoms. The van der Waals surface area contributed by atoms with E-state index < -0.39 is 12.1 Å². The van der Waals surface area contributed by atoms with Gasteiger partial charge in [0.15, 0.2) is 0 Å². The van der Waals surface area contributed by atoms with Crippen LogP contribution in [0.2, 0.25) is 0 Å². The van der Waals surface area contributed by atoms with Gasteiger partial charge in [-0.3, -0.25) is 9.59 Å². The predicted molar refractivity (Wildman–Crippen MR) is 43.7 cm³/mol. The summed E-state index contributed by atoms with van der Waals surface area (Å²) in [5.74, 6) is -0.730. The third-order valence-corrected chi connectivity index (χ3v) is 1.53. The summed E-state index contributed by atoms with van der Waals surface area (Å²) in [4.78, 5) is 20.3. The molecule has 0 heterocycles. The number of hydrogen-bond donors (Lipinski definition) is 2.